The van der Waals surface area contributed by atoms with E-state index in [2.05, 4.69) is 22.2 Å². The van der Waals surface area contributed by atoms with E-state index in [4.69, 9.17) is 0 Å². The van der Waals surface area contributed by atoms with Crippen LogP contribution in [0.5, 0.6) is 0 Å². The third kappa shape index (κ3) is 2.91. The number of fused-ring (bicyclic) bond motifs is 1. The highest BCUT2D eigenvalue weighted by atomic mass is 32.1. The first kappa shape index (κ1) is 15.3. The van der Waals surface area contributed by atoms with Crippen LogP contribution >= 0.6 is 11.3 Å². The number of hydrogen-bond acceptors (Lipinski definition) is 5. The molecule has 1 unspecified atom stereocenters. The standard InChI is InChI=1S/C17H19N5OS/c1-12-4-2-3-9-21(12)15(23)10-13-5-7-14(8-6-13)16-20-22-11-18-19-17(22)24-16/h5-8,11-12H,2-4,9-10H2,1H3. The number of hydrogen-bond donors (Lipinski definition) is 0. The van der Waals surface area contributed by atoms with Crippen LogP contribution in [0.4, 0.5) is 0 Å². The molecule has 0 aliphatic carbocycles. The zero-order valence-electron chi connectivity index (χ0n) is 13.6. The third-order valence-electron chi connectivity index (χ3n) is 4.57. The molecular formula is C17H19N5OS. The molecule has 1 aromatic carbocycles. The maximum atomic E-state index is 12.5. The van der Waals surface area contributed by atoms with Crippen LogP contribution in [-0.4, -0.2) is 43.2 Å². The fraction of sp³-hybridized carbons (Fsp3) is 0.412. The molecule has 3 aromatic rings. The molecule has 0 radical (unpaired) electrons. The van der Waals surface area contributed by atoms with Crippen LogP contribution in [0.2, 0.25) is 0 Å². The minimum Gasteiger partial charge on any atom is -0.340 e. The van der Waals surface area contributed by atoms with Gasteiger partial charge in [-0.25, -0.2) is 0 Å². The Morgan fingerprint density at radius 1 is 1.29 bits per heavy atom. The predicted molar refractivity (Wildman–Crippen MR) is 92.8 cm³/mol. The van der Waals surface area contributed by atoms with Gasteiger partial charge in [-0.15, -0.1) is 10.2 Å². The number of aromatic nitrogens is 4. The van der Waals surface area contributed by atoms with Gasteiger partial charge < -0.3 is 4.90 Å². The van der Waals surface area contributed by atoms with E-state index in [0.717, 1.165) is 40.5 Å². The van der Waals surface area contributed by atoms with Crippen molar-refractivity contribution >= 4 is 22.2 Å². The average molecular weight is 341 g/mol. The summed E-state index contributed by atoms with van der Waals surface area (Å²) in [7, 11) is 0. The highest BCUT2D eigenvalue weighted by Gasteiger charge is 2.23. The fourth-order valence-corrected chi connectivity index (χ4v) is 4.01. The van der Waals surface area contributed by atoms with Gasteiger partial charge in [0, 0.05) is 18.2 Å². The number of amides is 1. The molecule has 4 rings (SSSR count). The Labute approximate surface area is 144 Å². The van der Waals surface area contributed by atoms with Crippen LogP contribution < -0.4 is 0 Å². The van der Waals surface area contributed by atoms with E-state index >= 15 is 0 Å². The van der Waals surface area contributed by atoms with Crippen LogP contribution in [0.25, 0.3) is 15.5 Å². The Morgan fingerprint density at radius 3 is 2.88 bits per heavy atom. The molecule has 0 N–H and O–H groups in total. The van der Waals surface area contributed by atoms with Gasteiger partial charge in [0.05, 0.1) is 6.42 Å². The molecule has 0 spiro atoms. The summed E-state index contributed by atoms with van der Waals surface area (Å²) >= 11 is 1.50. The molecule has 1 aliphatic heterocycles. The first-order valence-corrected chi connectivity index (χ1v) is 9.08. The number of carbonyl (C=O) groups is 1. The van der Waals surface area contributed by atoms with Crippen LogP contribution in [0.3, 0.4) is 0 Å². The summed E-state index contributed by atoms with van der Waals surface area (Å²) in [5.74, 6) is 0.230. The lowest BCUT2D eigenvalue weighted by Crippen LogP contribution is -2.42. The molecule has 124 valence electrons. The number of nitrogens with zero attached hydrogens (tertiary/aromatic N) is 5. The normalized spacial score (nSPS) is 18.2. The second-order valence-corrected chi connectivity index (χ2v) is 7.23. The number of piperidine rings is 1. The van der Waals surface area contributed by atoms with E-state index in [1.807, 2.05) is 29.2 Å². The Hall–Kier alpha value is -2.28. The van der Waals surface area contributed by atoms with Crippen molar-refractivity contribution in [1.82, 2.24) is 24.7 Å². The number of benzene rings is 1. The van der Waals surface area contributed by atoms with Crippen molar-refractivity contribution < 1.29 is 4.79 Å². The summed E-state index contributed by atoms with van der Waals surface area (Å²) in [5, 5.41) is 13.2. The van der Waals surface area contributed by atoms with E-state index in [1.165, 1.54) is 17.8 Å². The van der Waals surface area contributed by atoms with Gasteiger partial charge in [-0.3, -0.25) is 4.79 Å². The molecule has 2 aromatic heterocycles. The van der Waals surface area contributed by atoms with Crippen molar-refractivity contribution in [2.45, 2.75) is 38.6 Å². The quantitative estimate of drug-likeness (QED) is 0.735. The summed E-state index contributed by atoms with van der Waals surface area (Å²) in [6.07, 6.45) is 5.53. The molecule has 0 saturated carbocycles. The molecule has 7 heteroatoms. The fourth-order valence-electron chi connectivity index (χ4n) is 3.19. The largest absolute Gasteiger partial charge is 0.340 e. The van der Waals surface area contributed by atoms with Crippen molar-refractivity contribution in [3.63, 3.8) is 0 Å². The van der Waals surface area contributed by atoms with E-state index in [9.17, 15) is 4.79 Å². The Bertz CT molecular complexity index is 825. The number of rotatable bonds is 3. The molecule has 1 saturated heterocycles. The highest BCUT2D eigenvalue weighted by molar-refractivity contribution is 7.19. The summed E-state index contributed by atoms with van der Waals surface area (Å²) in [4.78, 5) is 15.3. The van der Waals surface area contributed by atoms with Gasteiger partial charge in [-0.2, -0.15) is 9.61 Å². The number of likely N-dealkylation sites (tertiary alicyclic amines) is 1. The van der Waals surface area contributed by atoms with Crippen LogP contribution in [0.1, 0.15) is 31.7 Å². The molecule has 1 fully saturated rings. The molecule has 6 nitrogen and oxygen atoms in total. The van der Waals surface area contributed by atoms with E-state index in [-0.39, 0.29) is 5.91 Å². The SMILES string of the molecule is CC1CCCCN1C(=O)Cc1ccc(-c2nn3cnnc3s2)cc1. The molecule has 3 heterocycles. The first-order chi connectivity index (χ1) is 11.7. The van der Waals surface area contributed by atoms with Gasteiger partial charge in [-0.05, 0) is 31.7 Å². The lowest BCUT2D eigenvalue weighted by molar-refractivity contribution is -0.133. The average Bonchev–Trinajstić information content (AvgIpc) is 3.17. The van der Waals surface area contributed by atoms with Gasteiger partial charge in [0.1, 0.15) is 11.3 Å². The van der Waals surface area contributed by atoms with Gasteiger partial charge in [0.2, 0.25) is 10.9 Å². The lowest BCUT2D eigenvalue weighted by atomic mass is 10.0. The molecule has 1 amide bonds. The third-order valence-corrected chi connectivity index (χ3v) is 5.53. The van der Waals surface area contributed by atoms with Crippen LogP contribution in [0.15, 0.2) is 30.6 Å². The molecule has 24 heavy (non-hydrogen) atoms. The Kier molecular flexibility index (Phi) is 4.02. The van der Waals surface area contributed by atoms with Crippen LogP contribution in [-0.2, 0) is 11.2 Å². The van der Waals surface area contributed by atoms with Crippen LogP contribution in [0, 0.1) is 0 Å². The highest BCUT2D eigenvalue weighted by Crippen LogP contribution is 2.25. The lowest BCUT2D eigenvalue weighted by Gasteiger charge is -2.33. The Morgan fingerprint density at radius 2 is 2.12 bits per heavy atom. The van der Waals surface area contributed by atoms with E-state index in [1.54, 1.807) is 10.8 Å². The van der Waals surface area contributed by atoms with Gasteiger partial charge in [0.25, 0.3) is 0 Å². The maximum absolute atomic E-state index is 12.5. The smallest absolute Gasteiger partial charge is 0.234 e. The van der Waals surface area contributed by atoms with E-state index in [0.29, 0.717) is 12.5 Å². The number of carbonyl (C=O) groups excluding carboxylic acids is 1. The second kappa shape index (κ2) is 6.32. The van der Waals surface area contributed by atoms with Gasteiger partial charge >= 0.3 is 0 Å². The molecule has 1 atom stereocenters. The zero-order chi connectivity index (χ0) is 16.5. The summed E-state index contributed by atoms with van der Waals surface area (Å²) in [6.45, 7) is 3.04. The van der Waals surface area contributed by atoms with Crippen molar-refractivity contribution in [1.29, 1.82) is 0 Å². The van der Waals surface area contributed by atoms with Crippen molar-refractivity contribution in [3.05, 3.63) is 36.2 Å². The van der Waals surface area contributed by atoms with Gasteiger partial charge in [0.15, 0.2) is 0 Å². The summed E-state index contributed by atoms with van der Waals surface area (Å²) < 4.78 is 1.68. The van der Waals surface area contributed by atoms with Crippen molar-refractivity contribution in [2.75, 3.05) is 6.54 Å². The minimum absolute atomic E-state index is 0.230. The van der Waals surface area contributed by atoms with E-state index < -0.39 is 0 Å². The Balaban J connectivity index is 1.47. The second-order valence-electron chi connectivity index (χ2n) is 6.27. The first-order valence-electron chi connectivity index (χ1n) is 8.26. The van der Waals surface area contributed by atoms with Gasteiger partial charge in [-0.1, -0.05) is 35.6 Å². The minimum atomic E-state index is 0.230. The maximum Gasteiger partial charge on any atom is 0.234 e. The molecule has 0 bridgehead atoms. The predicted octanol–water partition coefficient (Wildman–Crippen LogP) is 2.80. The summed E-state index contributed by atoms with van der Waals surface area (Å²) in [5.41, 5.74) is 2.08. The monoisotopic (exact) mass is 341 g/mol. The molecule has 1 aliphatic rings. The topological polar surface area (TPSA) is 63.4 Å². The zero-order valence-corrected chi connectivity index (χ0v) is 14.4. The van der Waals surface area contributed by atoms with Crippen molar-refractivity contribution in [3.8, 4) is 10.6 Å². The summed E-state index contributed by atoms with van der Waals surface area (Å²) in [6, 6.07) is 8.45. The van der Waals surface area contributed by atoms with Crippen molar-refractivity contribution in [2.24, 2.45) is 0 Å². The molecular weight excluding hydrogens is 322 g/mol.